The van der Waals surface area contributed by atoms with Crippen LogP contribution in [0.25, 0.3) is 0 Å². The Morgan fingerprint density at radius 3 is 2.62 bits per heavy atom. The molecule has 0 aliphatic heterocycles. The maximum absolute atomic E-state index is 11.6. The van der Waals surface area contributed by atoms with Crippen molar-refractivity contribution in [1.82, 2.24) is 4.98 Å². The summed E-state index contributed by atoms with van der Waals surface area (Å²) in [6.45, 7) is 2.94. The predicted molar refractivity (Wildman–Crippen MR) is 80.1 cm³/mol. The van der Waals surface area contributed by atoms with Gasteiger partial charge in [-0.15, -0.1) is 0 Å². The Morgan fingerprint density at radius 1 is 1.38 bits per heavy atom. The molecular weight excluding hydrogens is 292 g/mol. The van der Waals surface area contributed by atoms with Crippen LogP contribution in [-0.4, -0.2) is 44.1 Å². The molecule has 1 aromatic rings. The molecule has 1 saturated carbocycles. The molecule has 7 heteroatoms. The van der Waals surface area contributed by atoms with E-state index < -0.39 is 5.97 Å². The molecule has 1 heterocycles. The third-order valence-corrected chi connectivity index (χ3v) is 4.85. The highest BCUT2D eigenvalue weighted by molar-refractivity contribution is 7.17. The fraction of sp³-hybridized carbons (Fsp3) is 0.643. The van der Waals surface area contributed by atoms with E-state index in [-0.39, 0.29) is 16.9 Å². The summed E-state index contributed by atoms with van der Waals surface area (Å²) in [5.41, 5.74) is 0.364. The summed E-state index contributed by atoms with van der Waals surface area (Å²) < 4.78 is 9.78. The number of Topliss-reactive ketones (excluding diaryl/α,β-unsaturated/α-hetero) is 1. The highest BCUT2D eigenvalue weighted by Crippen LogP contribution is 2.48. The molecule has 0 saturated heterocycles. The second-order valence-electron chi connectivity index (χ2n) is 5.34. The first-order valence-corrected chi connectivity index (χ1v) is 7.66. The van der Waals surface area contributed by atoms with Crippen LogP contribution in [0.5, 0.6) is 0 Å². The Balaban J connectivity index is 2.04. The van der Waals surface area contributed by atoms with E-state index in [1.54, 1.807) is 7.11 Å². The Morgan fingerprint density at radius 2 is 2.10 bits per heavy atom. The number of carbonyl (C=O) groups excluding carboxylic acids is 2. The van der Waals surface area contributed by atoms with E-state index >= 15 is 0 Å². The molecule has 2 rings (SSSR count). The number of aromatic nitrogens is 1. The van der Waals surface area contributed by atoms with Crippen molar-refractivity contribution in [1.29, 1.82) is 0 Å². The van der Waals surface area contributed by atoms with E-state index in [9.17, 15) is 9.59 Å². The molecule has 0 spiro atoms. The van der Waals surface area contributed by atoms with Gasteiger partial charge in [-0.25, -0.2) is 9.78 Å². The lowest BCUT2D eigenvalue weighted by Crippen LogP contribution is -2.17. The number of hydrogen-bond acceptors (Lipinski definition) is 7. The fourth-order valence-corrected chi connectivity index (χ4v) is 2.99. The lowest BCUT2D eigenvalue weighted by atomic mass is 10.0. The minimum atomic E-state index is -0.579. The molecule has 0 aromatic carbocycles. The van der Waals surface area contributed by atoms with Gasteiger partial charge in [-0.3, -0.25) is 4.79 Å². The van der Waals surface area contributed by atoms with Crippen molar-refractivity contribution in [3.8, 4) is 0 Å². The first kappa shape index (κ1) is 15.9. The maximum atomic E-state index is 11.6. The number of hydrogen-bond donors (Lipinski definition) is 1. The SMILES string of the molecule is COCCC1(CNc2nc(C(=O)OC)c(C(C)=O)s2)CC1. The van der Waals surface area contributed by atoms with Crippen molar-refractivity contribution < 1.29 is 19.1 Å². The summed E-state index contributed by atoms with van der Waals surface area (Å²) in [5, 5.41) is 3.83. The predicted octanol–water partition coefficient (Wildman–Crippen LogP) is 2.36. The Kier molecular flexibility index (Phi) is 4.95. The van der Waals surface area contributed by atoms with E-state index in [4.69, 9.17) is 4.74 Å². The van der Waals surface area contributed by atoms with Crippen molar-refractivity contribution in [2.24, 2.45) is 5.41 Å². The van der Waals surface area contributed by atoms with Gasteiger partial charge in [-0.1, -0.05) is 11.3 Å². The number of ether oxygens (including phenoxy) is 2. The van der Waals surface area contributed by atoms with Gasteiger partial charge < -0.3 is 14.8 Å². The Labute approximate surface area is 127 Å². The normalized spacial score (nSPS) is 15.6. The quantitative estimate of drug-likeness (QED) is 0.586. The van der Waals surface area contributed by atoms with Gasteiger partial charge in [0.25, 0.3) is 0 Å². The Hall–Kier alpha value is -1.47. The van der Waals surface area contributed by atoms with Crippen molar-refractivity contribution >= 4 is 28.2 Å². The summed E-state index contributed by atoms with van der Waals surface area (Å²) in [6.07, 6.45) is 3.33. The summed E-state index contributed by atoms with van der Waals surface area (Å²) in [5.74, 6) is -0.758. The van der Waals surface area contributed by atoms with E-state index in [0.29, 0.717) is 10.0 Å². The zero-order valence-electron chi connectivity index (χ0n) is 12.5. The molecule has 1 aliphatic carbocycles. The second-order valence-corrected chi connectivity index (χ2v) is 6.34. The number of methoxy groups -OCH3 is 2. The molecule has 0 atom stereocenters. The van der Waals surface area contributed by atoms with Crippen LogP contribution in [-0.2, 0) is 9.47 Å². The topological polar surface area (TPSA) is 77.5 Å². The molecule has 1 aromatic heterocycles. The van der Waals surface area contributed by atoms with Crippen molar-refractivity contribution in [3.63, 3.8) is 0 Å². The molecule has 116 valence electrons. The van der Waals surface area contributed by atoms with Crippen LogP contribution in [0.4, 0.5) is 5.13 Å². The number of carbonyl (C=O) groups is 2. The monoisotopic (exact) mass is 312 g/mol. The third-order valence-electron chi connectivity index (χ3n) is 3.73. The molecule has 6 nitrogen and oxygen atoms in total. The van der Waals surface area contributed by atoms with Crippen LogP contribution in [0.15, 0.2) is 0 Å². The van der Waals surface area contributed by atoms with Crippen LogP contribution in [0.1, 0.15) is 46.3 Å². The zero-order chi connectivity index (χ0) is 15.5. The van der Waals surface area contributed by atoms with Crippen molar-refractivity contribution in [3.05, 3.63) is 10.6 Å². The van der Waals surface area contributed by atoms with Gasteiger partial charge in [0.15, 0.2) is 16.6 Å². The average Bonchev–Trinajstić information content (AvgIpc) is 3.11. The number of esters is 1. The number of nitrogens with zero attached hydrogens (tertiary/aromatic N) is 1. The number of thiazole rings is 1. The van der Waals surface area contributed by atoms with E-state index in [2.05, 4.69) is 15.0 Å². The van der Waals surface area contributed by atoms with Crippen LogP contribution in [0.2, 0.25) is 0 Å². The summed E-state index contributed by atoms with van der Waals surface area (Å²) >= 11 is 1.20. The lowest BCUT2D eigenvalue weighted by Gasteiger charge is -2.14. The van der Waals surface area contributed by atoms with Crippen LogP contribution in [0, 0.1) is 5.41 Å². The zero-order valence-corrected chi connectivity index (χ0v) is 13.3. The minimum Gasteiger partial charge on any atom is -0.464 e. The minimum absolute atomic E-state index is 0.0965. The molecule has 1 N–H and O–H groups in total. The number of rotatable bonds is 8. The summed E-state index contributed by atoms with van der Waals surface area (Å²) in [6, 6.07) is 0. The standard InChI is InChI=1S/C14H20N2O4S/c1-9(17)11-10(12(18)20-3)16-13(21-11)15-8-14(4-5-14)6-7-19-2/h4-8H2,1-3H3,(H,15,16). The molecule has 21 heavy (non-hydrogen) atoms. The average molecular weight is 312 g/mol. The van der Waals surface area contributed by atoms with Gasteiger partial charge in [0.1, 0.15) is 4.88 Å². The van der Waals surface area contributed by atoms with Crippen LogP contribution < -0.4 is 5.32 Å². The van der Waals surface area contributed by atoms with Gasteiger partial charge in [0.2, 0.25) is 0 Å². The number of anilines is 1. The largest absolute Gasteiger partial charge is 0.464 e. The molecule has 1 fully saturated rings. The Bertz CT molecular complexity index is 537. The smallest absolute Gasteiger partial charge is 0.358 e. The highest BCUT2D eigenvalue weighted by Gasteiger charge is 2.42. The van der Waals surface area contributed by atoms with E-state index in [0.717, 1.165) is 32.4 Å². The molecule has 0 amide bonds. The van der Waals surface area contributed by atoms with Crippen molar-refractivity contribution in [2.75, 3.05) is 32.7 Å². The first-order chi connectivity index (χ1) is 10.0. The third kappa shape index (κ3) is 3.79. The van der Waals surface area contributed by atoms with Gasteiger partial charge in [-0.05, 0) is 24.7 Å². The van der Waals surface area contributed by atoms with E-state index in [1.165, 1.54) is 25.4 Å². The molecule has 0 radical (unpaired) electrons. The number of ketones is 1. The number of nitrogens with one attached hydrogen (secondary N) is 1. The molecule has 0 unspecified atom stereocenters. The van der Waals surface area contributed by atoms with Gasteiger partial charge in [0, 0.05) is 27.2 Å². The van der Waals surface area contributed by atoms with Gasteiger partial charge in [-0.2, -0.15) is 0 Å². The molecular formula is C14H20N2O4S. The lowest BCUT2D eigenvalue weighted by molar-refractivity contribution is 0.0591. The summed E-state index contributed by atoms with van der Waals surface area (Å²) in [7, 11) is 2.98. The molecule has 1 aliphatic rings. The van der Waals surface area contributed by atoms with Gasteiger partial charge >= 0.3 is 5.97 Å². The summed E-state index contributed by atoms with van der Waals surface area (Å²) in [4.78, 5) is 27.7. The van der Waals surface area contributed by atoms with E-state index in [1.807, 2.05) is 0 Å². The van der Waals surface area contributed by atoms with Crippen LogP contribution in [0.3, 0.4) is 0 Å². The van der Waals surface area contributed by atoms with Crippen LogP contribution >= 0.6 is 11.3 Å². The van der Waals surface area contributed by atoms with Gasteiger partial charge in [0.05, 0.1) is 7.11 Å². The second kappa shape index (κ2) is 6.53. The fourth-order valence-electron chi connectivity index (χ4n) is 2.14. The maximum Gasteiger partial charge on any atom is 0.358 e. The highest BCUT2D eigenvalue weighted by atomic mass is 32.1. The molecule has 0 bridgehead atoms. The first-order valence-electron chi connectivity index (χ1n) is 6.84. The van der Waals surface area contributed by atoms with Crippen molar-refractivity contribution in [2.45, 2.75) is 26.2 Å².